The molecule has 3 amide bonds. The largest absolute Gasteiger partial charge is 0.343 e. The number of thioether (sulfide) groups is 1. The van der Waals surface area contributed by atoms with Crippen LogP contribution < -0.4 is 10.6 Å². The summed E-state index contributed by atoms with van der Waals surface area (Å²) in [5, 5.41) is 6.76. The molecule has 2 fully saturated rings. The van der Waals surface area contributed by atoms with E-state index >= 15 is 0 Å². The van der Waals surface area contributed by atoms with Gasteiger partial charge in [0.2, 0.25) is 17.7 Å². The molecule has 41 heavy (non-hydrogen) atoms. The van der Waals surface area contributed by atoms with Crippen molar-refractivity contribution in [2.45, 2.75) is 77.0 Å². The molecule has 3 heterocycles. The molecule has 0 saturated carbocycles. The summed E-state index contributed by atoms with van der Waals surface area (Å²) in [6.07, 6.45) is 3.68. The van der Waals surface area contributed by atoms with Crippen molar-refractivity contribution in [2.24, 2.45) is 16.8 Å². The second-order valence-corrected chi connectivity index (χ2v) is 12.6. The third-order valence-electron chi connectivity index (χ3n) is 8.36. The Morgan fingerprint density at radius 3 is 2.37 bits per heavy atom. The molecule has 3 aliphatic rings. The van der Waals surface area contributed by atoms with E-state index in [2.05, 4.69) is 10.6 Å². The van der Waals surface area contributed by atoms with Crippen molar-refractivity contribution in [3.05, 3.63) is 35.6 Å². The highest BCUT2D eigenvalue weighted by Gasteiger charge is 2.42. The van der Waals surface area contributed by atoms with Gasteiger partial charge < -0.3 is 20.4 Å². The number of hydrogen-bond donors (Lipinski definition) is 2. The molecule has 0 radical (unpaired) electrons. The van der Waals surface area contributed by atoms with E-state index in [0.29, 0.717) is 37.4 Å². The first-order valence-electron chi connectivity index (χ1n) is 14.7. The number of rotatable bonds is 9. The molecule has 1 aromatic rings. The number of likely N-dealkylation sites (tertiary alicyclic amines) is 2. The van der Waals surface area contributed by atoms with Crippen LogP contribution >= 0.6 is 11.8 Å². The molecule has 0 spiro atoms. The van der Waals surface area contributed by atoms with Gasteiger partial charge in [-0.25, -0.2) is 4.39 Å². The molecule has 11 heteroatoms. The first kappa shape index (κ1) is 31.2. The monoisotopic (exact) mass is 587 g/mol. The second kappa shape index (κ2) is 13.9. The molecule has 2 N–H and O–H groups in total. The van der Waals surface area contributed by atoms with E-state index in [0.717, 1.165) is 30.7 Å². The van der Waals surface area contributed by atoms with Crippen LogP contribution in [0, 0.1) is 17.7 Å². The van der Waals surface area contributed by atoms with Gasteiger partial charge in [-0.2, -0.15) is 0 Å². The first-order chi connectivity index (χ1) is 19.6. The third-order valence-corrected chi connectivity index (χ3v) is 9.52. The molecule has 0 bridgehead atoms. The number of nitrogens with one attached hydrogen (secondary N) is 2. The molecule has 0 aliphatic carbocycles. The van der Waals surface area contributed by atoms with Gasteiger partial charge in [-0.3, -0.25) is 24.2 Å². The maximum atomic E-state index is 14.2. The lowest BCUT2D eigenvalue weighted by Gasteiger charge is -2.33. The molecular weight excluding hydrogens is 545 g/mol. The van der Waals surface area contributed by atoms with Gasteiger partial charge in [0, 0.05) is 36.9 Å². The Hall–Kier alpha value is -2.79. The van der Waals surface area contributed by atoms with E-state index in [1.54, 1.807) is 14.0 Å². The fourth-order valence-corrected chi connectivity index (χ4v) is 7.01. The quantitative estimate of drug-likeness (QED) is 0.430. The Balaban J connectivity index is 1.52. The number of halogens is 1. The van der Waals surface area contributed by atoms with Crippen molar-refractivity contribution in [3.8, 4) is 0 Å². The zero-order valence-corrected chi connectivity index (χ0v) is 25.2. The number of hydrogen-bond acceptors (Lipinski definition) is 7. The Kier molecular flexibility index (Phi) is 10.6. The van der Waals surface area contributed by atoms with Crippen LogP contribution in [0.5, 0.6) is 0 Å². The van der Waals surface area contributed by atoms with E-state index in [-0.39, 0.29) is 41.4 Å². The number of Topliss-reactive ketones (excluding diaryl/α,β-unsaturated/α-hetero) is 1. The lowest BCUT2D eigenvalue weighted by molar-refractivity contribution is -0.138. The van der Waals surface area contributed by atoms with Crippen LogP contribution in [0.4, 0.5) is 4.39 Å². The van der Waals surface area contributed by atoms with Crippen molar-refractivity contribution < 1.29 is 23.6 Å². The van der Waals surface area contributed by atoms with Crippen LogP contribution in [0.15, 0.2) is 29.3 Å². The minimum Gasteiger partial charge on any atom is -0.343 e. The summed E-state index contributed by atoms with van der Waals surface area (Å²) in [5.41, 5.74) is 0.418. The summed E-state index contributed by atoms with van der Waals surface area (Å²) >= 11 is 1.49. The number of nitrogens with zero attached hydrogens (tertiary/aromatic N) is 3. The van der Waals surface area contributed by atoms with Crippen LogP contribution in [0.2, 0.25) is 0 Å². The fourth-order valence-electron chi connectivity index (χ4n) is 5.81. The van der Waals surface area contributed by atoms with Crippen molar-refractivity contribution in [2.75, 3.05) is 32.4 Å². The molecule has 2 unspecified atom stereocenters. The van der Waals surface area contributed by atoms with Gasteiger partial charge in [-0.05, 0) is 76.3 Å². The molecular formula is C30H42FN5O4S. The molecule has 0 aromatic heterocycles. The van der Waals surface area contributed by atoms with E-state index in [9.17, 15) is 23.6 Å². The van der Waals surface area contributed by atoms with Gasteiger partial charge >= 0.3 is 0 Å². The highest BCUT2D eigenvalue weighted by Crippen LogP contribution is 2.32. The summed E-state index contributed by atoms with van der Waals surface area (Å²) < 4.78 is 13.3. The smallest absolute Gasteiger partial charge is 0.246 e. The summed E-state index contributed by atoms with van der Waals surface area (Å²) in [6.45, 7) is 7.31. The summed E-state index contributed by atoms with van der Waals surface area (Å²) in [5.74, 6) is -0.526. The number of likely N-dealkylation sites (N-methyl/N-ethyl adjacent to an activating group) is 1. The number of aliphatic imine (C=N–C) groups is 1. The number of carbonyl (C=O) groups is 4. The Labute approximate surface area is 246 Å². The van der Waals surface area contributed by atoms with Crippen LogP contribution in [0.3, 0.4) is 0 Å². The third kappa shape index (κ3) is 7.35. The molecule has 224 valence electrons. The molecule has 1 aromatic carbocycles. The van der Waals surface area contributed by atoms with E-state index in [4.69, 9.17) is 4.99 Å². The molecule has 5 atom stereocenters. The number of benzene rings is 1. The van der Waals surface area contributed by atoms with E-state index in [1.165, 1.54) is 36.0 Å². The maximum Gasteiger partial charge on any atom is 0.246 e. The summed E-state index contributed by atoms with van der Waals surface area (Å²) in [4.78, 5) is 61.3. The fraction of sp³-hybridized carbons (Fsp3) is 0.633. The molecule has 9 nitrogen and oxygen atoms in total. The number of carbonyl (C=O) groups excluding carboxylic acids is 4. The Morgan fingerprint density at radius 2 is 1.68 bits per heavy atom. The average molecular weight is 588 g/mol. The van der Waals surface area contributed by atoms with Crippen LogP contribution in [0.1, 0.15) is 63.2 Å². The topological polar surface area (TPSA) is 111 Å². The van der Waals surface area contributed by atoms with E-state index < -0.39 is 23.9 Å². The molecule has 3 aliphatic heterocycles. The number of ketones is 1. The highest BCUT2D eigenvalue weighted by atomic mass is 32.2. The SMILES string of the molecule is CN[C@@H](C)C(=O)N[C@H](C(=O)N1CCC[C@H]1C1=NC(C(=O)c2ccc(F)cc2)CS1)C1CCCN(C(=O)C(C)C)CC1. The van der Waals surface area contributed by atoms with Crippen LogP contribution in [-0.2, 0) is 14.4 Å². The highest BCUT2D eigenvalue weighted by molar-refractivity contribution is 8.14. The predicted octanol–water partition coefficient (Wildman–Crippen LogP) is 2.89. The lowest BCUT2D eigenvalue weighted by atomic mass is 9.90. The summed E-state index contributed by atoms with van der Waals surface area (Å²) in [6, 6.07) is 3.50. The second-order valence-electron chi connectivity index (χ2n) is 11.5. The average Bonchev–Trinajstić information content (AvgIpc) is 3.59. The molecule has 4 rings (SSSR count). The van der Waals surface area contributed by atoms with Gasteiger partial charge in [0.25, 0.3) is 0 Å². The standard InChI is InChI=1S/C30H42FN5O4S/c1-18(2)29(39)35-14-5-7-20(13-16-35)25(34-27(38)19(3)32-4)30(40)36-15-6-8-24(36)28-33-23(17-41-28)26(37)21-9-11-22(31)12-10-21/h9-12,18-20,23-25,32H,5-8,13-17H2,1-4H3,(H,34,38)/t19-,20?,23?,24-,25-/m0/s1. The predicted molar refractivity (Wildman–Crippen MR) is 158 cm³/mol. The normalized spacial score (nSPS) is 24.5. The lowest BCUT2D eigenvalue weighted by Crippen LogP contribution is -2.57. The molecule has 2 saturated heterocycles. The zero-order valence-electron chi connectivity index (χ0n) is 24.4. The summed E-state index contributed by atoms with van der Waals surface area (Å²) in [7, 11) is 1.71. The van der Waals surface area contributed by atoms with Crippen molar-refractivity contribution in [1.29, 1.82) is 0 Å². The first-order valence-corrected chi connectivity index (χ1v) is 15.7. The van der Waals surface area contributed by atoms with Crippen LogP contribution in [-0.4, -0.2) is 95.0 Å². The minimum atomic E-state index is -0.711. The van der Waals surface area contributed by atoms with E-state index in [1.807, 2.05) is 23.6 Å². The van der Waals surface area contributed by atoms with Gasteiger partial charge in [0.15, 0.2) is 5.78 Å². The van der Waals surface area contributed by atoms with Gasteiger partial charge in [0.05, 0.1) is 17.1 Å². The van der Waals surface area contributed by atoms with Crippen molar-refractivity contribution in [3.63, 3.8) is 0 Å². The Bertz CT molecular complexity index is 1160. The zero-order chi connectivity index (χ0) is 29.7. The van der Waals surface area contributed by atoms with Gasteiger partial charge in [-0.15, -0.1) is 11.8 Å². The van der Waals surface area contributed by atoms with Gasteiger partial charge in [-0.1, -0.05) is 13.8 Å². The van der Waals surface area contributed by atoms with Crippen molar-refractivity contribution >= 4 is 40.3 Å². The minimum absolute atomic E-state index is 0.0889. The van der Waals surface area contributed by atoms with Crippen molar-refractivity contribution in [1.82, 2.24) is 20.4 Å². The van der Waals surface area contributed by atoms with Gasteiger partial charge in [0.1, 0.15) is 17.9 Å². The van der Waals surface area contributed by atoms with Crippen LogP contribution in [0.25, 0.3) is 0 Å². The maximum absolute atomic E-state index is 14.2. The Morgan fingerprint density at radius 1 is 0.976 bits per heavy atom. The number of amides is 3.